The van der Waals surface area contributed by atoms with Gasteiger partial charge in [0.05, 0.1) is 27.1 Å². The second-order valence-corrected chi connectivity index (χ2v) is 9.61. The average Bonchev–Trinajstić information content (AvgIpc) is 3.00. The highest BCUT2D eigenvalue weighted by Crippen LogP contribution is 2.22. The summed E-state index contributed by atoms with van der Waals surface area (Å²) >= 11 is 5.06. The first-order valence-corrected chi connectivity index (χ1v) is 10.4. The summed E-state index contributed by atoms with van der Waals surface area (Å²) in [7, 11) is 0. The van der Waals surface area contributed by atoms with Crippen LogP contribution in [-0.2, 0) is 14.3 Å². The predicted octanol–water partition coefficient (Wildman–Crippen LogP) is 4.67. The van der Waals surface area contributed by atoms with Crippen molar-refractivity contribution in [2.45, 2.75) is 52.2 Å². The smallest absolute Gasteiger partial charge is 0.410 e. The maximum atomic E-state index is 12.0. The van der Waals surface area contributed by atoms with E-state index in [1.54, 1.807) is 16.2 Å². The fourth-order valence-electron chi connectivity index (χ4n) is 2.48. The third kappa shape index (κ3) is 7.25. The first kappa shape index (κ1) is 21.2. The molecule has 0 aliphatic carbocycles. The molecule has 26 heavy (non-hydrogen) atoms. The Morgan fingerprint density at radius 1 is 1.31 bits per heavy atom. The molecule has 1 aromatic rings. The van der Waals surface area contributed by atoms with Crippen LogP contribution in [0.2, 0.25) is 0 Å². The summed E-state index contributed by atoms with van der Waals surface area (Å²) in [5.41, 5.74) is 0.394. The monoisotopic (exact) mass is 446 g/mol. The van der Waals surface area contributed by atoms with E-state index in [4.69, 9.17) is 14.3 Å². The molecule has 2 rings (SSSR count). The number of carbonyl (C=O) groups is 1. The summed E-state index contributed by atoms with van der Waals surface area (Å²) in [5, 5.41) is 4.12. The number of hydrogen-bond donors (Lipinski definition) is 0. The Balaban J connectivity index is 1.61. The van der Waals surface area contributed by atoms with Crippen LogP contribution in [0.5, 0.6) is 0 Å². The number of rotatable bonds is 6. The highest BCUT2D eigenvalue weighted by molar-refractivity contribution is 9.11. The van der Waals surface area contributed by atoms with Gasteiger partial charge in [0.2, 0.25) is 0 Å². The minimum Gasteiger partial charge on any atom is -0.444 e. The summed E-state index contributed by atoms with van der Waals surface area (Å²) in [6, 6.07) is 4.00. The number of thiophene rings is 1. The van der Waals surface area contributed by atoms with E-state index in [9.17, 15) is 4.79 Å². The molecule has 0 saturated carbocycles. The molecule has 1 aromatic heterocycles. The zero-order valence-electron chi connectivity index (χ0n) is 15.8. The molecule has 6 nitrogen and oxygen atoms in total. The molecule has 1 saturated heterocycles. The van der Waals surface area contributed by atoms with Crippen molar-refractivity contribution in [3.05, 3.63) is 20.8 Å². The topological polar surface area (TPSA) is 60.4 Å². The molecule has 0 unspecified atom stereocenters. The molecule has 0 bridgehead atoms. The first-order valence-electron chi connectivity index (χ1n) is 8.76. The molecule has 1 amide bonds. The summed E-state index contributed by atoms with van der Waals surface area (Å²) in [6.07, 6.45) is 1.52. The maximum absolute atomic E-state index is 12.0. The lowest BCUT2D eigenvalue weighted by Crippen LogP contribution is -2.43. The van der Waals surface area contributed by atoms with Crippen molar-refractivity contribution in [3.63, 3.8) is 0 Å². The zero-order chi connectivity index (χ0) is 19.2. The minimum absolute atomic E-state index is 0.149. The fourth-order valence-corrected chi connectivity index (χ4v) is 3.80. The molecular weight excluding hydrogens is 420 g/mol. The van der Waals surface area contributed by atoms with Gasteiger partial charge in [0.1, 0.15) is 12.2 Å². The largest absolute Gasteiger partial charge is 0.444 e. The third-order valence-electron chi connectivity index (χ3n) is 3.75. The van der Waals surface area contributed by atoms with E-state index in [-0.39, 0.29) is 12.2 Å². The second kappa shape index (κ2) is 9.71. The molecule has 1 fully saturated rings. The lowest BCUT2D eigenvalue weighted by molar-refractivity contribution is -0.0287. The van der Waals surface area contributed by atoms with Gasteiger partial charge < -0.3 is 19.2 Å². The van der Waals surface area contributed by atoms with Gasteiger partial charge >= 0.3 is 6.09 Å². The van der Waals surface area contributed by atoms with E-state index in [1.807, 2.05) is 39.8 Å². The van der Waals surface area contributed by atoms with Crippen LogP contribution in [0.15, 0.2) is 21.1 Å². The standard InChI is InChI=1S/C18H27BrN2O4S/c1-13(15-5-6-16(19)26-15)20-24-12-11-23-14-7-9-21(10-8-14)17(22)25-18(2,3)4/h5-6,14H,7-12H2,1-4H3. The van der Waals surface area contributed by atoms with Crippen molar-refractivity contribution < 1.29 is 19.1 Å². The Labute approximate surface area is 167 Å². The van der Waals surface area contributed by atoms with Gasteiger partial charge in [-0.15, -0.1) is 11.3 Å². The number of carbonyl (C=O) groups excluding carboxylic acids is 1. The molecular formula is C18H27BrN2O4S. The number of piperidine rings is 1. The molecule has 0 atom stereocenters. The SMILES string of the molecule is CC(=NOCCOC1CCN(C(=O)OC(C)(C)C)CC1)c1ccc(Br)s1. The van der Waals surface area contributed by atoms with Crippen molar-refractivity contribution in [2.75, 3.05) is 26.3 Å². The highest BCUT2D eigenvalue weighted by atomic mass is 79.9. The molecule has 8 heteroatoms. The molecule has 2 heterocycles. The molecule has 146 valence electrons. The van der Waals surface area contributed by atoms with E-state index in [0.717, 1.165) is 27.2 Å². The Bertz CT molecular complexity index is 619. The van der Waals surface area contributed by atoms with Crippen LogP contribution in [0.25, 0.3) is 0 Å². The van der Waals surface area contributed by atoms with E-state index < -0.39 is 5.60 Å². The molecule has 0 aromatic carbocycles. The van der Waals surface area contributed by atoms with Gasteiger partial charge in [0.15, 0.2) is 0 Å². The van der Waals surface area contributed by atoms with Gasteiger partial charge in [0.25, 0.3) is 0 Å². The summed E-state index contributed by atoms with van der Waals surface area (Å²) in [4.78, 5) is 20.2. The molecule has 0 spiro atoms. The predicted molar refractivity (Wildman–Crippen MR) is 107 cm³/mol. The van der Waals surface area contributed by atoms with Crippen LogP contribution in [0.4, 0.5) is 4.79 Å². The van der Waals surface area contributed by atoms with Crippen LogP contribution < -0.4 is 0 Å². The number of ether oxygens (including phenoxy) is 2. The van der Waals surface area contributed by atoms with Crippen LogP contribution in [0.1, 0.15) is 45.4 Å². The van der Waals surface area contributed by atoms with Crippen LogP contribution in [0.3, 0.4) is 0 Å². The Morgan fingerprint density at radius 3 is 2.58 bits per heavy atom. The maximum Gasteiger partial charge on any atom is 0.410 e. The van der Waals surface area contributed by atoms with Crippen molar-refractivity contribution >= 4 is 39.1 Å². The lowest BCUT2D eigenvalue weighted by atomic mass is 10.1. The number of oxime groups is 1. The Morgan fingerprint density at radius 2 is 2.00 bits per heavy atom. The summed E-state index contributed by atoms with van der Waals surface area (Å²) in [5.74, 6) is 0. The van der Waals surface area contributed by atoms with Gasteiger partial charge in [-0.1, -0.05) is 5.16 Å². The molecule has 0 radical (unpaired) electrons. The van der Waals surface area contributed by atoms with Crippen molar-refractivity contribution in [2.24, 2.45) is 5.16 Å². The normalized spacial score (nSPS) is 16.7. The van der Waals surface area contributed by atoms with Crippen molar-refractivity contribution in [3.8, 4) is 0 Å². The van der Waals surface area contributed by atoms with Gasteiger partial charge in [-0.25, -0.2) is 4.79 Å². The van der Waals surface area contributed by atoms with Gasteiger partial charge in [0, 0.05) is 13.1 Å². The second-order valence-electron chi connectivity index (χ2n) is 7.15. The number of amides is 1. The fraction of sp³-hybridized carbons (Fsp3) is 0.667. The van der Waals surface area contributed by atoms with Crippen LogP contribution in [0, 0.1) is 0 Å². The molecule has 1 aliphatic heterocycles. The molecule has 1 aliphatic rings. The van der Waals surface area contributed by atoms with Gasteiger partial charge in [-0.3, -0.25) is 0 Å². The van der Waals surface area contributed by atoms with Gasteiger partial charge in [-0.2, -0.15) is 0 Å². The average molecular weight is 447 g/mol. The first-order chi connectivity index (χ1) is 12.2. The molecule has 0 N–H and O–H groups in total. The van der Waals surface area contributed by atoms with Crippen molar-refractivity contribution in [1.29, 1.82) is 0 Å². The van der Waals surface area contributed by atoms with E-state index >= 15 is 0 Å². The number of nitrogens with zero attached hydrogens (tertiary/aromatic N) is 2. The zero-order valence-corrected chi connectivity index (χ0v) is 18.2. The quantitative estimate of drug-likeness (QED) is 0.361. The Hall–Kier alpha value is -1.12. The Kier molecular flexibility index (Phi) is 7.91. The highest BCUT2D eigenvalue weighted by Gasteiger charge is 2.27. The third-order valence-corrected chi connectivity index (χ3v) is 5.49. The van der Waals surface area contributed by atoms with E-state index in [2.05, 4.69) is 21.1 Å². The number of hydrogen-bond acceptors (Lipinski definition) is 6. The van der Waals surface area contributed by atoms with E-state index in [0.29, 0.717) is 26.3 Å². The van der Waals surface area contributed by atoms with Crippen LogP contribution in [-0.4, -0.2) is 54.7 Å². The van der Waals surface area contributed by atoms with Crippen molar-refractivity contribution in [1.82, 2.24) is 4.90 Å². The lowest BCUT2D eigenvalue weighted by Gasteiger charge is -2.33. The van der Waals surface area contributed by atoms with Crippen LogP contribution >= 0.6 is 27.3 Å². The number of likely N-dealkylation sites (tertiary alicyclic amines) is 1. The summed E-state index contributed by atoms with van der Waals surface area (Å²) in [6.45, 7) is 9.77. The minimum atomic E-state index is -0.459. The van der Waals surface area contributed by atoms with E-state index in [1.165, 1.54) is 0 Å². The van der Waals surface area contributed by atoms with Gasteiger partial charge in [-0.05, 0) is 68.6 Å². The summed E-state index contributed by atoms with van der Waals surface area (Å²) < 4.78 is 12.3. The number of halogens is 1.